The van der Waals surface area contributed by atoms with Crippen LogP contribution in [0.1, 0.15) is 44.5 Å². The SMILES string of the molecule is COCCn1c(C(C)NC(=O)C2CCCC2)nc2ccccc2c1=O. The summed E-state index contributed by atoms with van der Waals surface area (Å²) in [6.45, 7) is 2.70. The summed E-state index contributed by atoms with van der Waals surface area (Å²) in [6.07, 6.45) is 4.11. The van der Waals surface area contributed by atoms with Crippen LogP contribution in [0.15, 0.2) is 29.1 Å². The molecule has 1 fully saturated rings. The molecule has 0 radical (unpaired) electrons. The molecule has 1 saturated carbocycles. The van der Waals surface area contributed by atoms with Gasteiger partial charge < -0.3 is 10.1 Å². The zero-order valence-electron chi connectivity index (χ0n) is 14.8. The van der Waals surface area contributed by atoms with Gasteiger partial charge in [0, 0.05) is 13.0 Å². The monoisotopic (exact) mass is 343 g/mol. The van der Waals surface area contributed by atoms with Gasteiger partial charge in [0.1, 0.15) is 5.82 Å². The Balaban J connectivity index is 1.94. The van der Waals surface area contributed by atoms with Crippen LogP contribution in [0.3, 0.4) is 0 Å². The first-order valence-corrected chi connectivity index (χ1v) is 8.90. The summed E-state index contributed by atoms with van der Waals surface area (Å²) in [7, 11) is 1.60. The van der Waals surface area contributed by atoms with Crippen molar-refractivity contribution in [2.45, 2.75) is 45.2 Å². The van der Waals surface area contributed by atoms with E-state index in [2.05, 4.69) is 10.3 Å². The molecule has 2 aromatic rings. The predicted octanol–water partition coefficient (Wildman–Crippen LogP) is 2.41. The molecule has 0 aliphatic heterocycles. The van der Waals surface area contributed by atoms with E-state index >= 15 is 0 Å². The smallest absolute Gasteiger partial charge is 0.261 e. The van der Waals surface area contributed by atoms with E-state index in [0.29, 0.717) is 29.9 Å². The van der Waals surface area contributed by atoms with Gasteiger partial charge in [-0.05, 0) is 31.9 Å². The summed E-state index contributed by atoms with van der Waals surface area (Å²) in [5, 5.41) is 3.63. The Hall–Kier alpha value is -2.21. The average Bonchev–Trinajstić information content (AvgIpc) is 3.15. The summed E-state index contributed by atoms with van der Waals surface area (Å²) in [6, 6.07) is 6.96. The van der Waals surface area contributed by atoms with Gasteiger partial charge in [-0.15, -0.1) is 0 Å². The molecule has 3 rings (SSSR count). The molecule has 1 amide bonds. The van der Waals surface area contributed by atoms with E-state index in [0.717, 1.165) is 25.7 Å². The number of benzene rings is 1. The van der Waals surface area contributed by atoms with Crippen molar-refractivity contribution >= 4 is 16.8 Å². The number of hydrogen-bond acceptors (Lipinski definition) is 4. The number of para-hydroxylation sites is 1. The van der Waals surface area contributed by atoms with Crippen LogP contribution in [0.5, 0.6) is 0 Å². The molecule has 1 N–H and O–H groups in total. The first kappa shape index (κ1) is 17.6. The highest BCUT2D eigenvalue weighted by molar-refractivity contribution is 5.80. The molecular formula is C19H25N3O3. The quantitative estimate of drug-likeness (QED) is 0.874. The lowest BCUT2D eigenvalue weighted by Gasteiger charge is -2.21. The van der Waals surface area contributed by atoms with Gasteiger partial charge in [0.2, 0.25) is 5.91 Å². The topological polar surface area (TPSA) is 73.2 Å². The number of nitrogens with zero attached hydrogens (tertiary/aromatic N) is 2. The molecule has 1 aromatic heterocycles. The Morgan fingerprint density at radius 3 is 2.80 bits per heavy atom. The third-order valence-corrected chi connectivity index (χ3v) is 4.88. The molecule has 1 unspecified atom stereocenters. The highest BCUT2D eigenvalue weighted by Crippen LogP contribution is 2.25. The van der Waals surface area contributed by atoms with Crippen molar-refractivity contribution in [3.63, 3.8) is 0 Å². The van der Waals surface area contributed by atoms with Gasteiger partial charge >= 0.3 is 0 Å². The van der Waals surface area contributed by atoms with Crippen molar-refractivity contribution < 1.29 is 9.53 Å². The van der Waals surface area contributed by atoms with Crippen molar-refractivity contribution in [3.05, 3.63) is 40.4 Å². The number of carbonyl (C=O) groups is 1. The third-order valence-electron chi connectivity index (χ3n) is 4.88. The molecule has 1 aliphatic rings. The fourth-order valence-corrected chi connectivity index (χ4v) is 3.50. The van der Waals surface area contributed by atoms with E-state index in [9.17, 15) is 9.59 Å². The van der Waals surface area contributed by atoms with Gasteiger partial charge in [-0.3, -0.25) is 14.2 Å². The number of fused-ring (bicyclic) bond motifs is 1. The number of aromatic nitrogens is 2. The fraction of sp³-hybridized carbons (Fsp3) is 0.526. The lowest BCUT2D eigenvalue weighted by Crippen LogP contribution is -2.36. The van der Waals surface area contributed by atoms with Gasteiger partial charge in [-0.2, -0.15) is 0 Å². The Bertz CT molecular complexity index is 809. The molecule has 134 valence electrons. The Morgan fingerprint density at radius 2 is 2.08 bits per heavy atom. The van der Waals surface area contributed by atoms with E-state index in [-0.39, 0.29) is 23.4 Å². The number of carbonyl (C=O) groups excluding carboxylic acids is 1. The molecule has 1 aliphatic carbocycles. The molecule has 1 atom stereocenters. The highest BCUT2D eigenvalue weighted by Gasteiger charge is 2.25. The van der Waals surface area contributed by atoms with Gasteiger partial charge in [0.15, 0.2) is 0 Å². The molecule has 6 heteroatoms. The molecule has 6 nitrogen and oxygen atoms in total. The number of methoxy groups -OCH3 is 1. The average molecular weight is 343 g/mol. The zero-order valence-corrected chi connectivity index (χ0v) is 14.8. The Labute approximate surface area is 147 Å². The van der Waals surface area contributed by atoms with Crippen molar-refractivity contribution in [1.82, 2.24) is 14.9 Å². The van der Waals surface area contributed by atoms with Gasteiger partial charge in [-0.25, -0.2) is 4.98 Å². The largest absolute Gasteiger partial charge is 0.383 e. The van der Waals surface area contributed by atoms with Crippen LogP contribution in [0.2, 0.25) is 0 Å². The van der Waals surface area contributed by atoms with Gasteiger partial charge in [0.25, 0.3) is 5.56 Å². The van der Waals surface area contributed by atoms with Gasteiger partial charge in [0.05, 0.1) is 30.1 Å². The summed E-state index contributed by atoms with van der Waals surface area (Å²) >= 11 is 0. The zero-order chi connectivity index (χ0) is 17.8. The van der Waals surface area contributed by atoms with Crippen LogP contribution in [-0.4, -0.2) is 29.2 Å². The highest BCUT2D eigenvalue weighted by atomic mass is 16.5. The number of ether oxygens (including phenoxy) is 1. The first-order chi connectivity index (χ1) is 12.1. The van der Waals surface area contributed by atoms with Crippen molar-refractivity contribution in [2.24, 2.45) is 5.92 Å². The third kappa shape index (κ3) is 3.74. The summed E-state index contributed by atoms with van der Waals surface area (Å²) in [4.78, 5) is 30.0. The van der Waals surface area contributed by atoms with E-state index < -0.39 is 0 Å². The maximum atomic E-state index is 12.9. The number of hydrogen-bond donors (Lipinski definition) is 1. The van der Waals surface area contributed by atoms with E-state index in [1.165, 1.54) is 0 Å². The molecule has 1 heterocycles. The van der Waals surface area contributed by atoms with Crippen LogP contribution in [0.25, 0.3) is 10.9 Å². The number of rotatable bonds is 6. The minimum absolute atomic E-state index is 0.0608. The van der Waals surface area contributed by atoms with E-state index in [4.69, 9.17) is 4.74 Å². The van der Waals surface area contributed by atoms with Crippen molar-refractivity contribution in [1.29, 1.82) is 0 Å². The summed E-state index contributed by atoms with van der Waals surface area (Å²) < 4.78 is 6.75. The van der Waals surface area contributed by atoms with Crippen molar-refractivity contribution in [2.75, 3.05) is 13.7 Å². The second kappa shape index (κ2) is 7.78. The Kier molecular flexibility index (Phi) is 5.48. The van der Waals surface area contributed by atoms with Crippen LogP contribution in [-0.2, 0) is 16.1 Å². The molecule has 0 saturated heterocycles. The maximum absolute atomic E-state index is 12.9. The predicted molar refractivity (Wildman–Crippen MR) is 96.4 cm³/mol. The van der Waals surface area contributed by atoms with E-state index in [1.54, 1.807) is 17.7 Å². The normalized spacial score (nSPS) is 16.2. The first-order valence-electron chi connectivity index (χ1n) is 8.90. The van der Waals surface area contributed by atoms with Crippen LogP contribution in [0, 0.1) is 5.92 Å². The minimum Gasteiger partial charge on any atom is -0.383 e. The van der Waals surface area contributed by atoms with Crippen LogP contribution in [0.4, 0.5) is 0 Å². The van der Waals surface area contributed by atoms with Gasteiger partial charge in [-0.1, -0.05) is 25.0 Å². The second-order valence-corrected chi connectivity index (χ2v) is 6.65. The molecule has 25 heavy (non-hydrogen) atoms. The van der Waals surface area contributed by atoms with Crippen molar-refractivity contribution in [3.8, 4) is 0 Å². The lowest BCUT2D eigenvalue weighted by molar-refractivity contribution is -0.125. The van der Waals surface area contributed by atoms with E-state index in [1.807, 2.05) is 25.1 Å². The number of nitrogens with one attached hydrogen (secondary N) is 1. The van der Waals surface area contributed by atoms with Crippen LogP contribution >= 0.6 is 0 Å². The summed E-state index contributed by atoms with van der Waals surface area (Å²) in [5.74, 6) is 0.722. The maximum Gasteiger partial charge on any atom is 0.261 e. The number of amides is 1. The molecular weight excluding hydrogens is 318 g/mol. The standard InChI is InChI=1S/C19H25N3O3/c1-13(20-18(23)14-7-3-4-8-14)17-21-16-10-6-5-9-15(16)19(24)22(17)11-12-25-2/h5-6,9-10,13-14H,3-4,7-8,11-12H2,1-2H3,(H,20,23). The summed E-state index contributed by atoms with van der Waals surface area (Å²) in [5.41, 5.74) is 0.553. The fourth-order valence-electron chi connectivity index (χ4n) is 3.50. The van der Waals surface area contributed by atoms with Crippen LogP contribution < -0.4 is 10.9 Å². The minimum atomic E-state index is -0.331. The molecule has 0 bridgehead atoms. The molecule has 1 aromatic carbocycles. The lowest BCUT2D eigenvalue weighted by atomic mass is 10.1. The Morgan fingerprint density at radius 1 is 1.36 bits per heavy atom. The molecule has 0 spiro atoms. The second-order valence-electron chi connectivity index (χ2n) is 6.65.